The average Bonchev–Trinajstić information content (AvgIpc) is 2.44. The minimum atomic E-state index is -0.867. The van der Waals surface area contributed by atoms with Gasteiger partial charge in [0.15, 0.2) is 11.6 Å². The Labute approximate surface area is 129 Å². The molecular weight excluding hydrogens is 342 g/mol. The Morgan fingerprint density at radius 2 is 1.95 bits per heavy atom. The maximum absolute atomic E-state index is 13.2. The van der Waals surface area contributed by atoms with Crippen LogP contribution >= 0.6 is 15.9 Å². The zero-order valence-electron chi connectivity index (χ0n) is 11.0. The van der Waals surface area contributed by atoms with Gasteiger partial charge >= 0.3 is 0 Å². The van der Waals surface area contributed by atoms with Crippen molar-refractivity contribution < 1.29 is 18.6 Å². The molecule has 1 heterocycles. The third kappa shape index (κ3) is 3.09. The van der Waals surface area contributed by atoms with E-state index in [1.54, 1.807) is 6.07 Å². The summed E-state index contributed by atoms with van der Waals surface area (Å²) in [7, 11) is 0. The van der Waals surface area contributed by atoms with E-state index >= 15 is 0 Å². The van der Waals surface area contributed by atoms with Gasteiger partial charge in [-0.15, -0.1) is 0 Å². The van der Waals surface area contributed by atoms with Crippen molar-refractivity contribution in [1.82, 2.24) is 0 Å². The predicted octanol–water partition coefficient (Wildman–Crippen LogP) is 4.15. The zero-order chi connectivity index (χ0) is 15.0. The second-order valence-corrected chi connectivity index (χ2v) is 6.04. The third-order valence-electron chi connectivity index (χ3n) is 3.56. The van der Waals surface area contributed by atoms with E-state index in [4.69, 9.17) is 4.74 Å². The largest absolute Gasteiger partial charge is 0.490 e. The normalized spacial score (nSPS) is 20.8. The molecule has 0 radical (unpaired) electrons. The van der Waals surface area contributed by atoms with Crippen LogP contribution in [0.1, 0.15) is 23.7 Å². The second-order valence-electron chi connectivity index (χ2n) is 5.13. The summed E-state index contributed by atoms with van der Waals surface area (Å²) in [6, 6.07) is 9.27. The van der Waals surface area contributed by atoms with Crippen LogP contribution < -0.4 is 4.74 Å². The van der Waals surface area contributed by atoms with Crippen molar-refractivity contribution in [3.63, 3.8) is 0 Å². The summed E-state index contributed by atoms with van der Waals surface area (Å²) in [4.78, 5) is 0. The molecule has 0 amide bonds. The number of benzene rings is 2. The topological polar surface area (TPSA) is 29.5 Å². The Kier molecular flexibility index (Phi) is 3.95. The Bertz CT molecular complexity index is 675. The fraction of sp³-hybridized carbons (Fsp3) is 0.250. The SMILES string of the molecule is OC1CC(Cc2ccc(F)c(F)c2)Oc2ccc(Br)cc21. The van der Waals surface area contributed by atoms with Crippen LogP contribution in [0.3, 0.4) is 0 Å². The number of hydrogen-bond donors (Lipinski definition) is 1. The third-order valence-corrected chi connectivity index (χ3v) is 4.05. The molecule has 2 atom stereocenters. The number of ether oxygens (including phenoxy) is 1. The molecular formula is C16H13BrF2O2. The van der Waals surface area contributed by atoms with Crippen LogP contribution in [0.4, 0.5) is 8.78 Å². The van der Waals surface area contributed by atoms with Crippen LogP contribution in [0, 0.1) is 11.6 Å². The van der Waals surface area contributed by atoms with Gasteiger partial charge in [-0.1, -0.05) is 22.0 Å². The molecule has 2 aromatic rings. The number of aliphatic hydroxyl groups excluding tert-OH is 1. The summed E-state index contributed by atoms with van der Waals surface area (Å²) in [5.74, 6) is -1.10. The van der Waals surface area contributed by atoms with Crippen LogP contribution in [0.15, 0.2) is 40.9 Å². The molecule has 2 aromatic carbocycles. The maximum Gasteiger partial charge on any atom is 0.159 e. The fourth-order valence-corrected chi connectivity index (χ4v) is 2.92. The molecule has 2 nitrogen and oxygen atoms in total. The number of rotatable bonds is 2. The van der Waals surface area contributed by atoms with E-state index in [1.165, 1.54) is 12.1 Å². The van der Waals surface area contributed by atoms with Crippen molar-refractivity contribution in [1.29, 1.82) is 0 Å². The van der Waals surface area contributed by atoms with Crippen LogP contribution in [0.5, 0.6) is 5.75 Å². The first-order valence-electron chi connectivity index (χ1n) is 6.61. The molecule has 1 aliphatic heterocycles. The molecule has 21 heavy (non-hydrogen) atoms. The summed E-state index contributed by atoms with van der Waals surface area (Å²) in [6.07, 6.45) is -0.0493. The summed E-state index contributed by atoms with van der Waals surface area (Å²) in [5.41, 5.74) is 1.39. The highest BCUT2D eigenvalue weighted by Gasteiger charge is 2.27. The highest BCUT2D eigenvalue weighted by molar-refractivity contribution is 9.10. The van der Waals surface area contributed by atoms with Crippen LogP contribution in [0.2, 0.25) is 0 Å². The Hall–Kier alpha value is -1.46. The summed E-state index contributed by atoms with van der Waals surface area (Å²) >= 11 is 3.36. The highest BCUT2D eigenvalue weighted by atomic mass is 79.9. The molecule has 1 N–H and O–H groups in total. The van der Waals surface area contributed by atoms with E-state index in [0.29, 0.717) is 24.2 Å². The number of fused-ring (bicyclic) bond motifs is 1. The van der Waals surface area contributed by atoms with E-state index in [2.05, 4.69) is 15.9 Å². The van der Waals surface area contributed by atoms with Gasteiger partial charge in [0.1, 0.15) is 11.9 Å². The average molecular weight is 355 g/mol. The Balaban J connectivity index is 1.79. The Morgan fingerprint density at radius 1 is 1.14 bits per heavy atom. The fourth-order valence-electron chi connectivity index (χ4n) is 2.55. The van der Waals surface area contributed by atoms with Crippen molar-refractivity contribution >= 4 is 15.9 Å². The van der Waals surface area contributed by atoms with Gasteiger partial charge in [0.05, 0.1) is 6.10 Å². The first-order valence-corrected chi connectivity index (χ1v) is 7.40. The molecule has 0 aliphatic carbocycles. The lowest BCUT2D eigenvalue weighted by Crippen LogP contribution is -2.27. The first-order chi connectivity index (χ1) is 10.0. The molecule has 110 valence electrons. The molecule has 0 saturated heterocycles. The molecule has 0 bridgehead atoms. The number of hydrogen-bond acceptors (Lipinski definition) is 2. The predicted molar refractivity (Wildman–Crippen MR) is 78.2 cm³/mol. The van der Waals surface area contributed by atoms with E-state index in [1.807, 2.05) is 12.1 Å². The van der Waals surface area contributed by atoms with Crippen molar-refractivity contribution in [2.24, 2.45) is 0 Å². The van der Waals surface area contributed by atoms with Gasteiger partial charge in [0.2, 0.25) is 0 Å². The van der Waals surface area contributed by atoms with E-state index in [-0.39, 0.29) is 6.10 Å². The Morgan fingerprint density at radius 3 is 2.71 bits per heavy atom. The minimum absolute atomic E-state index is 0.265. The van der Waals surface area contributed by atoms with E-state index < -0.39 is 17.7 Å². The monoisotopic (exact) mass is 354 g/mol. The number of halogens is 3. The molecule has 0 saturated carbocycles. The lowest BCUT2D eigenvalue weighted by Gasteiger charge is -2.30. The maximum atomic E-state index is 13.2. The van der Waals surface area contributed by atoms with Gasteiger partial charge in [-0.25, -0.2) is 8.78 Å². The van der Waals surface area contributed by atoms with Crippen LogP contribution in [0.25, 0.3) is 0 Å². The van der Waals surface area contributed by atoms with Crippen molar-refractivity contribution in [2.75, 3.05) is 0 Å². The van der Waals surface area contributed by atoms with Gasteiger partial charge in [-0.2, -0.15) is 0 Å². The standard InChI is InChI=1S/C16H13BrF2O2/c17-10-2-4-16-12(7-10)15(20)8-11(21-16)5-9-1-3-13(18)14(19)6-9/h1-4,6-7,11,15,20H,5,8H2. The van der Waals surface area contributed by atoms with Crippen LogP contribution in [-0.4, -0.2) is 11.2 Å². The lowest BCUT2D eigenvalue weighted by atomic mass is 9.95. The smallest absolute Gasteiger partial charge is 0.159 e. The first kappa shape index (κ1) is 14.5. The second kappa shape index (κ2) is 5.73. The zero-order valence-corrected chi connectivity index (χ0v) is 12.6. The van der Waals surface area contributed by atoms with Crippen LogP contribution in [-0.2, 0) is 6.42 Å². The minimum Gasteiger partial charge on any atom is -0.490 e. The molecule has 1 aliphatic rings. The van der Waals surface area contributed by atoms with Gasteiger partial charge in [-0.3, -0.25) is 0 Å². The van der Waals surface area contributed by atoms with E-state index in [9.17, 15) is 13.9 Å². The molecule has 3 rings (SSSR count). The van der Waals surface area contributed by atoms with Gasteiger partial charge in [0, 0.05) is 22.9 Å². The molecule has 0 spiro atoms. The summed E-state index contributed by atoms with van der Waals surface area (Å²) < 4.78 is 32.9. The van der Waals surface area contributed by atoms with E-state index in [0.717, 1.165) is 16.1 Å². The molecule has 0 fully saturated rings. The van der Waals surface area contributed by atoms with Gasteiger partial charge in [0.25, 0.3) is 0 Å². The quantitative estimate of drug-likeness (QED) is 0.877. The van der Waals surface area contributed by atoms with Crippen molar-refractivity contribution in [3.05, 3.63) is 63.6 Å². The lowest BCUT2D eigenvalue weighted by molar-refractivity contribution is 0.0661. The number of aliphatic hydroxyl groups is 1. The molecule has 2 unspecified atom stereocenters. The highest BCUT2D eigenvalue weighted by Crippen LogP contribution is 2.37. The van der Waals surface area contributed by atoms with Crippen molar-refractivity contribution in [3.8, 4) is 5.75 Å². The summed E-state index contributed by atoms with van der Waals surface area (Å²) in [5, 5.41) is 10.2. The van der Waals surface area contributed by atoms with Crippen molar-refractivity contribution in [2.45, 2.75) is 25.0 Å². The molecule has 5 heteroatoms. The van der Waals surface area contributed by atoms with Gasteiger partial charge < -0.3 is 9.84 Å². The van der Waals surface area contributed by atoms with Gasteiger partial charge in [-0.05, 0) is 35.9 Å². The molecule has 0 aromatic heterocycles. The summed E-state index contributed by atoms with van der Waals surface area (Å²) in [6.45, 7) is 0.